The first-order chi connectivity index (χ1) is 19.5. The summed E-state index contributed by atoms with van der Waals surface area (Å²) in [7, 11) is 1.40. The number of esters is 1. The fourth-order valence-corrected chi connectivity index (χ4v) is 7.58. The van der Waals surface area contributed by atoms with Gasteiger partial charge in [-0.2, -0.15) is 0 Å². The van der Waals surface area contributed by atoms with Gasteiger partial charge in [-0.05, 0) is 57.8 Å². The molecule has 4 rings (SSSR count). The molecule has 3 saturated heterocycles. The largest absolute Gasteiger partial charge is 0.469 e. The van der Waals surface area contributed by atoms with E-state index >= 15 is 4.39 Å². The van der Waals surface area contributed by atoms with E-state index in [4.69, 9.17) is 28.4 Å². The summed E-state index contributed by atoms with van der Waals surface area (Å²) in [4.78, 5) is 11.5. The van der Waals surface area contributed by atoms with Crippen molar-refractivity contribution in [1.82, 2.24) is 0 Å². The minimum atomic E-state index is -1.10. The Bertz CT molecular complexity index is 773. The van der Waals surface area contributed by atoms with Crippen LogP contribution in [0.3, 0.4) is 0 Å². The molecular formula is C31H50FIO7. The highest BCUT2D eigenvalue weighted by Gasteiger charge is 2.57. The van der Waals surface area contributed by atoms with Gasteiger partial charge in [0.1, 0.15) is 12.3 Å². The fraction of sp³-hybridized carbons (Fsp3) is 0.903. The number of methoxy groups -OCH3 is 1. The molecule has 4 fully saturated rings. The third-order valence-electron chi connectivity index (χ3n) is 8.80. The predicted octanol–water partition coefficient (Wildman–Crippen LogP) is 6.84. The first-order valence-corrected chi connectivity index (χ1v) is 17.0. The van der Waals surface area contributed by atoms with Gasteiger partial charge in [-0.3, -0.25) is 4.79 Å². The monoisotopic (exact) mass is 680 g/mol. The zero-order valence-electron chi connectivity index (χ0n) is 24.4. The van der Waals surface area contributed by atoms with Gasteiger partial charge in [-0.15, -0.1) is 0 Å². The topological polar surface area (TPSA) is 72.5 Å². The number of unbranched alkanes of at least 4 members (excludes halogenated alkanes) is 2. The Kier molecular flexibility index (Phi) is 13.9. The normalized spacial score (nSPS) is 36.0. The van der Waals surface area contributed by atoms with E-state index in [0.29, 0.717) is 32.3 Å². The van der Waals surface area contributed by atoms with E-state index in [9.17, 15) is 4.79 Å². The van der Waals surface area contributed by atoms with Crippen LogP contribution >= 0.6 is 22.6 Å². The Morgan fingerprint density at radius 2 is 1.80 bits per heavy atom. The maximum absolute atomic E-state index is 16.2. The van der Waals surface area contributed by atoms with Gasteiger partial charge in [0.05, 0.1) is 25.4 Å². The highest BCUT2D eigenvalue weighted by atomic mass is 127. The van der Waals surface area contributed by atoms with Crippen LogP contribution in [0.4, 0.5) is 4.39 Å². The third kappa shape index (κ3) is 9.33. The zero-order chi connectivity index (χ0) is 28.3. The van der Waals surface area contributed by atoms with Crippen molar-refractivity contribution in [3.8, 4) is 0 Å². The summed E-state index contributed by atoms with van der Waals surface area (Å²) in [6.07, 6.45) is 14.8. The summed E-state index contributed by atoms with van der Waals surface area (Å²) in [6, 6.07) is 0. The smallest absolute Gasteiger partial charge is 0.305 e. The lowest BCUT2D eigenvalue weighted by molar-refractivity contribution is -0.195. The van der Waals surface area contributed by atoms with Crippen LogP contribution in [-0.2, 0) is 33.2 Å². The summed E-state index contributed by atoms with van der Waals surface area (Å²) in [6.45, 7) is 3.67. The fourth-order valence-electron chi connectivity index (χ4n) is 6.57. The second-order valence-corrected chi connectivity index (χ2v) is 13.4. The van der Waals surface area contributed by atoms with Crippen molar-refractivity contribution in [1.29, 1.82) is 0 Å². The molecule has 1 aliphatic carbocycles. The number of alkyl halides is 2. The minimum absolute atomic E-state index is 0.0119. The van der Waals surface area contributed by atoms with Gasteiger partial charge < -0.3 is 28.4 Å². The molecule has 1 saturated carbocycles. The summed E-state index contributed by atoms with van der Waals surface area (Å²) >= 11 is 2.30. The zero-order valence-corrected chi connectivity index (χ0v) is 26.5. The van der Waals surface area contributed by atoms with Crippen molar-refractivity contribution in [3.05, 3.63) is 12.2 Å². The average Bonchev–Trinajstić information content (AvgIpc) is 3.47. The molecule has 0 aromatic rings. The first-order valence-electron chi connectivity index (χ1n) is 15.7. The molecule has 7 nitrogen and oxygen atoms in total. The Labute approximate surface area is 253 Å². The van der Waals surface area contributed by atoms with Gasteiger partial charge in [-0.1, -0.05) is 60.9 Å². The Morgan fingerprint density at radius 1 is 1.05 bits per heavy atom. The second kappa shape index (κ2) is 17.1. The van der Waals surface area contributed by atoms with Gasteiger partial charge in [0.2, 0.25) is 0 Å². The van der Waals surface area contributed by atoms with Crippen LogP contribution in [0.5, 0.6) is 0 Å². The molecule has 0 spiro atoms. The predicted molar refractivity (Wildman–Crippen MR) is 159 cm³/mol. The van der Waals surface area contributed by atoms with E-state index in [0.717, 1.165) is 70.8 Å². The Morgan fingerprint density at radius 3 is 2.48 bits per heavy atom. The van der Waals surface area contributed by atoms with Gasteiger partial charge in [0.15, 0.2) is 12.6 Å². The van der Waals surface area contributed by atoms with Crippen LogP contribution in [0.1, 0.15) is 96.8 Å². The molecule has 4 aliphatic rings. The summed E-state index contributed by atoms with van der Waals surface area (Å²) < 4.78 is 52.0. The van der Waals surface area contributed by atoms with Crippen molar-refractivity contribution < 1.29 is 37.6 Å². The van der Waals surface area contributed by atoms with Gasteiger partial charge in [0.25, 0.3) is 0 Å². The lowest BCUT2D eigenvalue weighted by Crippen LogP contribution is -2.37. The maximum Gasteiger partial charge on any atom is 0.305 e. The van der Waals surface area contributed by atoms with Crippen molar-refractivity contribution in [2.45, 2.75) is 144 Å². The lowest BCUT2D eigenvalue weighted by Gasteiger charge is -2.31. The number of halogens is 2. The van der Waals surface area contributed by atoms with Crippen LogP contribution in [0, 0.1) is 11.8 Å². The van der Waals surface area contributed by atoms with Gasteiger partial charge in [-0.25, -0.2) is 4.39 Å². The Balaban J connectivity index is 1.44. The molecule has 3 heterocycles. The van der Waals surface area contributed by atoms with Crippen molar-refractivity contribution in [2.24, 2.45) is 11.8 Å². The van der Waals surface area contributed by atoms with Crippen LogP contribution in [0.25, 0.3) is 0 Å². The van der Waals surface area contributed by atoms with E-state index < -0.39 is 12.3 Å². The molecule has 0 N–H and O–H groups in total. The highest BCUT2D eigenvalue weighted by molar-refractivity contribution is 14.1. The molecule has 9 heteroatoms. The molecule has 0 aromatic heterocycles. The number of ether oxygens (including phenoxy) is 6. The van der Waals surface area contributed by atoms with Gasteiger partial charge in [0, 0.05) is 41.8 Å². The number of carbonyl (C=O) groups is 1. The van der Waals surface area contributed by atoms with Crippen LogP contribution in [0.2, 0.25) is 0 Å². The van der Waals surface area contributed by atoms with Crippen molar-refractivity contribution in [2.75, 3.05) is 20.3 Å². The highest BCUT2D eigenvalue weighted by Crippen LogP contribution is 2.49. The summed E-state index contributed by atoms with van der Waals surface area (Å²) in [5, 5.41) is 0. The summed E-state index contributed by atoms with van der Waals surface area (Å²) in [5.74, 6) is -0.609. The standard InChI is InChI=1S/C31H50FIO7/c1-3-4-5-11-21(38-27-14-6-8-18-36-27)16-17-22-24(39-28-15-7-9-19-37-28)20-25-29(22)30(32)31(40-25)23(33)12-10-13-26(34)35-2/h16-17,21-25,27-31H,3-15,18-20H2,1-2H3/t21-,22-,23?,24+,25-,27?,28?,29+,30-,31?/m0/s1. The Hall–Kier alpha value is -0.330. The van der Waals surface area contributed by atoms with Crippen LogP contribution in [-0.4, -0.2) is 73.4 Å². The third-order valence-corrected chi connectivity index (χ3v) is 10.1. The molecule has 10 atom stereocenters. The lowest BCUT2D eigenvalue weighted by atomic mass is 9.87. The van der Waals surface area contributed by atoms with Crippen LogP contribution in [0.15, 0.2) is 12.2 Å². The molecule has 230 valence electrons. The number of hydrogen-bond donors (Lipinski definition) is 0. The molecule has 4 unspecified atom stereocenters. The first kappa shape index (κ1) is 32.6. The molecule has 40 heavy (non-hydrogen) atoms. The number of hydrogen-bond acceptors (Lipinski definition) is 7. The number of fused-ring (bicyclic) bond motifs is 1. The van der Waals surface area contributed by atoms with Crippen molar-refractivity contribution >= 4 is 28.6 Å². The summed E-state index contributed by atoms with van der Waals surface area (Å²) in [5.41, 5.74) is 0. The maximum atomic E-state index is 16.2. The molecular weight excluding hydrogens is 630 g/mol. The van der Waals surface area contributed by atoms with Gasteiger partial charge >= 0.3 is 5.97 Å². The van der Waals surface area contributed by atoms with E-state index in [1.165, 1.54) is 7.11 Å². The molecule has 0 aromatic carbocycles. The molecule has 0 radical (unpaired) electrons. The molecule has 3 aliphatic heterocycles. The van der Waals surface area contributed by atoms with Crippen LogP contribution < -0.4 is 0 Å². The molecule has 0 amide bonds. The quantitative estimate of drug-likeness (QED) is 0.0617. The van der Waals surface area contributed by atoms with E-state index in [1.54, 1.807) is 0 Å². The minimum Gasteiger partial charge on any atom is -0.469 e. The molecule has 0 bridgehead atoms. The van der Waals surface area contributed by atoms with E-state index in [-0.39, 0.29) is 52.6 Å². The van der Waals surface area contributed by atoms with Crippen molar-refractivity contribution in [3.63, 3.8) is 0 Å². The SMILES string of the molecule is CCCCC[C@@H](C=C[C@@H]1[C@@H]2[C@H](C[C@H]1OC1CCCCO1)OC(C(I)CCCC(=O)OC)[C@H]2F)OC1CCCCO1. The van der Waals surface area contributed by atoms with E-state index in [2.05, 4.69) is 41.7 Å². The average molecular weight is 681 g/mol. The number of carbonyl (C=O) groups excluding carboxylic acids is 1. The second-order valence-electron chi connectivity index (χ2n) is 11.8. The van der Waals surface area contributed by atoms with E-state index in [1.807, 2.05) is 0 Å². The number of rotatable bonds is 15.